The minimum Gasteiger partial charge on any atom is -0.296 e. The van der Waals surface area contributed by atoms with Gasteiger partial charge < -0.3 is 0 Å². The molecule has 4 heteroatoms. The first-order chi connectivity index (χ1) is 8.61. The minimum absolute atomic E-state index is 0.0881. The summed E-state index contributed by atoms with van der Waals surface area (Å²) in [4.78, 5) is 13.9. The van der Waals surface area contributed by atoms with Gasteiger partial charge in [-0.25, -0.2) is 8.78 Å². The number of benzene rings is 1. The van der Waals surface area contributed by atoms with E-state index in [1.54, 1.807) is 0 Å². The molecule has 1 aromatic carbocycles. The van der Waals surface area contributed by atoms with Gasteiger partial charge in [0.25, 0.3) is 0 Å². The molecule has 1 saturated carbocycles. The molecule has 0 aliphatic heterocycles. The summed E-state index contributed by atoms with van der Waals surface area (Å²) < 4.78 is 26.9. The molecule has 18 heavy (non-hydrogen) atoms. The SMILES string of the molecule is CCN(CC(=O)c1c(F)cccc1F)CC1CC1. The van der Waals surface area contributed by atoms with Crippen molar-refractivity contribution in [2.45, 2.75) is 19.8 Å². The highest BCUT2D eigenvalue weighted by Gasteiger charge is 2.26. The minimum atomic E-state index is -0.775. The highest BCUT2D eigenvalue weighted by molar-refractivity contribution is 5.98. The molecule has 1 aliphatic rings. The number of ketones is 1. The summed E-state index contributed by atoms with van der Waals surface area (Å²) in [6, 6.07) is 3.50. The quantitative estimate of drug-likeness (QED) is 0.727. The third-order valence-corrected chi connectivity index (χ3v) is 3.27. The molecular formula is C14H17F2NO. The Kier molecular flexibility index (Phi) is 4.07. The first-order valence-corrected chi connectivity index (χ1v) is 6.31. The van der Waals surface area contributed by atoms with Crippen LogP contribution in [0.3, 0.4) is 0 Å². The lowest BCUT2D eigenvalue weighted by atomic mass is 10.1. The number of rotatable bonds is 6. The molecular weight excluding hydrogens is 236 g/mol. The smallest absolute Gasteiger partial charge is 0.182 e. The summed E-state index contributed by atoms with van der Waals surface area (Å²) in [5.74, 6) is -1.37. The number of Topliss-reactive ketones (excluding diaryl/α,β-unsaturated/α-hetero) is 1. The van der Waals surface area contributed by atoms with E-state index in [4.69, 9.17) is 0 Å². The summed E-state index contributed by atoms with van der Waals surface area (Å²) in [5.41, 5.74) is -0.410. The maximum atomic E-state index is 13.5. The van der Waals surface area contributed by atoms with Crippen LogP contribution in [-0.2, 0) is 0 Å². The van der Waals surface area contributed by atoms with Crippen molar-refractivity contribution in [3.63, 3.8) is 0 Å². The molecule has 98 valence electrons. The van der Waals surface area contributed by atoms with E-state index in [9.17, 15) is 13.6 Å². The van der Waals surface area contributed by atoms with Crippen LogP contribution in [0, 0.1) is 17.6 Å². The van der Waals surface area contributed by atoms with Crippen LogP contribution in [0.25, 0.3) is 0 Å². The van der Waals surface area contributed by atoms with E-state index in [1.807, 2.05) is 11.8 Å². The number of likely N-dealkylation sites (N-methyl/N-ethyl adjacent to an activating group) is 1. The van der Waals surface area contributed by atoms with Gasteiger partial charge in [0.1, 0.15) is 11.6 Å². The van der Waals surface area contributed by atoms with E-state index in [0.717, 1.165) is 25.2 Å². The molecule has 0 N–H and O–H groups in total. The van der Waals surface area contributed by atoms with Gasteiger partial charge in [-0.2, -0.15) is 0 Å². The third-order valence-electron chi connectivity index (χ3n) is 3.27. The number of hydrogen-bond acceptors (Lipinski definition) is 2. The third kappa shape index (κ3) is 3.13. The van der Waals surface area contributed by atoms with Gasteiger partial charge in [-0.1, -0.05) is 13.0 Å². The lowest BCUT2D eigenvalue weighted by Crippen LogP contribution is -2.32. The van der Waals surface area contributed by atoms with Crippen molar-refractivity contribution >= 4 is 5.78 Å². The van der Waals surface area contributed by atoms with E-state index >= 15 is 0 Å². The average molecular weight is 253 g/mol. The Morgan fingerprint density at radius 3 is 2.44 bits per heavy atom. The number of carbonyl (C=O) groups is 1. The number of halogens is 2. The van der Waals surface area contributed by atoms with Gasteiger partial charge in [-0.15, -0.1) is 0 Å². The maximum absolute atomic E-state index is 13.5. The van der Waals surface area contributed by atoms with Crippen molar-refractivity contribution in [1.29, 1.82) is 0 Å². The van der Waals surface area contributed by atoms with Crippen molar-refractivity contribution in [3.05, 3.63) is 35.4 Å². The zero-order chi connectivity index (χ0) is 13.1. The Morgan fingerprint density at radius 2 is 1.94 bits per heavy atom. The van der Waals surface area contributed by atoms with Gasteiger partial charge in [-0.05, 0) is 37.4 Å². The molecule has 1 aliphatic carbocycles. The van der Waals surface area contributed by atoms with Crippen molar-refractivity contribution in [2.24, 2.45) is 5.92 Å². The van der Waals surface area contributed by atoms with Gasteiger partial charge >= 0.3 is 0 Å². The topological polar surface area (TPSA) is 20.3 Å². The Morgan fingerprint density at radius 1 is 1.33 bits per heavy atom. The molecule has 0 bridgehead atoms. The molecule has 0 heterocycles. The van der Waals surface area contributed by atoms with E-state index in [-0.39, 0.29) is 6.54 Å². The summed E-state index contributed by atoms with van der Waals surface area (Å²) in [6.45, 7) is 3.61. The van der Waals surface area contributed by atoms with Crippen molar-refractivity contribution < 1.29 is 13.6 Å². The monoisotopic (exact) mass is 253 g/mol. The number of carbonyl (C=O) groups excluding carboxylic acids is 1. The van der Waals surface area contributed by atoms with Gasteiger partial charge in [0.05, 0.1) is 12.1 Å². The predicted octanol–water partition coefficient (Wildman–Crippen LogP) is 2.88. The van der Waals surface area contributed by atoms with Crippen molar-refractivity contribution in [3.8, 4) is 0 Å². The molecule has 2 rings (SSSR count). The van der Waals surface area contributed by atoms with Crippen molar-refractivity contribution in [1.82, 2.24) is 4.90 Å². The van der Waals surface area contributed by atoms with Crippen LogP contribution in [0.4, 0.5) is 8.78 Å². The van der Waals surface area contributed by atoms with E-state index < -0.39 is 23.0 Å². The lowest BCUT2D eigenvalue weighted by molar-refractivity contribution is 0.0922. The molecule has 0 amide bonds. The molecule has 0 aromatic heterocycles. The van der Waals surface area contributed by atoms with Crippen LogP contribution in [0.15, 0.2) is 18.2 Å². The second-order valence-corrected chi connectivity index (χ2v) is 4.79. The summed E-state index contributed by atoms with van der Waals surface area (Å²) in [7, 11) is 0. The van der Waals surface area contributed by atoms with Gasteiger partial charge in [-0.3, -0.25) is 9.69 Å². The molecule has 0 saturated heterocycles. The molecule has 2 nitrogen and oxygen atoms in total. The van der Waals surface area contributed by atoms with Crippen LogP contribution in [0.1, 0.15) is 30.1 Å². The van der Waals surface area contributed by atoms with Crippen LogP contribution < -0.4 is 0 Å². The van der Waals surface area contributed by atoms with Gasteiger partial charge in [0, 0.05) is 6.54 Å². The van der Waals surface area contributed by atoms with E-state index in [1.165, 1.54) is 18.9 Å². The maximum Gasteiger partial charge on any atom is 0.182 e. The first-order valence-electron chi connectivity index (χ1n) is 6.31. The predicted molar refractivity (Wildman–Crippen MR) is 65.5 cm³/mol. The summed E-state index contributed by atoms with van der Waals surface area (Å²) in [6.07, 6.45) is 2.39. The fourth-order valence-electron chi connectivity index (χ4n) is 2.02. The molecule has 1 fully saturated rings. The summed E-state index contributed by atoms with van der Waals surface area (Å²) in [5, 5.41) is 0. The normalized spacial score (nSPS) is 15.1. The zero-order valence-corrected chi connectivity index (χ0v) is 10.5. The molecule has 0 spiro atoms. The highest BCUT2D eigenvalue weighted by Crippen LogP contribution is 2.29. The van der Waals surface area contributed by atoms with Crippen molar-refractivity contribution in [2.75, 3.05) is 19.6 Å². The largest absolute Gasteiger partial charge is 0.296 e. The molecule has 0 atom stereocenters. The second-order valence-electron chi connectivity index (χ2n) is 4.79. The second kappa shape index (κ2) is 5.57. The standard InChI is InChI=1S/C14H17F2NO/c1-2-17(8-10-6-7-10)9-13(18)14-11(15)4-3-5-12(14)16/h3-5,10H,2,6-9H2,1H3. The van der Waals surface area contributed by atoms with Crippen LogP contribution >= 0.6 is 0 Å². The zero-order valence-electron chi connectivity index (χ0n) is 10.5. The first kappa shape index (κ1) is 13.1. The van der Waals surface area contributed by atoms with E-state index in [2.05, 4.69) is 0 Å². The fraction of sp³-hybridized carbons (Fsp3) is 0.500. The Hall–Kier alpha value is -1.29. The fourth-order valence-corrected chi connectivity index (χ4v) is 2.02. The van der Waals surface area contributed by atoms with Crippen LogP contribution in [-0.4, -0.2) is 30.3 Å². The van der Waals surface area contributed by atoms with Gasteiger partial charge in [0.15, 0.2) is 5.78 Å². The number of hydrogen-bond donors (Lipinski definition) is 0. The Bertz CT molecular complexity index is 423. The van der Waals surface area contributed by atoms with E-state index in [0.29, 0.717) is 5.92 Å². The van der Waals surface area contributed by atoms with Crippen LogP contribution in [0.2, 0.25) is 0 Å². The molecule has 1 aromatic rings. The highest BCUT2D eigenvalue weighted by atomic mass is 19.1. The summed E-state index contributed by atoms with van der Waals surface area (Å²) >= 11 is 0. The Labute approximate surface area is 106 Å². The lowest BCUT2D eigenvalue weighted by Gasteiger charge is -2.19. The average Bonchev–Trinajstić information content (AvgIpc) is 3.11. The van der Waals surface area contributed by atoms with Crippen LogP contribution in [0.5, 0.6) is 0 Å². The molecule has 0 unspecified atom stereocenters. The van der Waals surface area contributed by atoms with Gasteiger partial charge in [0.2, 0.25) is 0 Å². The molecule has 0 radical (unpaired) electrons. The number of nitrogens with zero attached hydrogens (tertiary/aromatic N) is 1. The Balaban J connectivity index is 2.05.